The molecule has 1 aliphatic rings. The number of hydrogen-bond donors (Lipinski definition) is 1. The summed E-state index contributed by atoms with van der Waals surface area (Å²) in [5.41, 5.74) is 3.05. The monoisotopic (exact) mass is 412 g/mol. The third kappa shape index (κ3) is 2.92. The molecule has 1 aromatic heterocycles. The molecule has 0 saturated carbocycles. The number of halogens is 1. The lowest BCUT2D eigenvalue weighted by molar-refractivity contribution is -0.125. The number of carbonyl (C=O) groups excluding carboxylic acids is 1. The number of benzene rings is 2. The normalized spacial score (nSPS) is 21.8. The Morgan fingerprint density at radius 3 is 2.80 bits per heavy atom. The number of rotatable bonds is 3. The van der Waals surface area contributed by atoms with Crippen molar-refractivity contribution in [3.05, 3.63) is 81.3 Å². The molecule has 0 aliphatic heterocycles. The van der Waals surface area contributed by atoms with E-state index in [9.17, 15) is 4.79 Å². The third-order valence-corrected chi connectivity index (χ3v) is 6.10. The topological polar surface area (TPSA) is 42.0 Å². The molecule has 4 rings (SSSR count). The SMILES string of the molecule is CC1(C(=O)Nc2nccs2)Cc2ccc(Br)cc2C1c1ccccc1. The highest BCUT2D eigenvalue weighted by molar-refractivity contribution is 9.10. The van der Waals surface area contributed by atoms with Crippen LogP contribution < -0.4 is 5.32 Å². The maximum Gasteiger partial charge on any atom is 0.233 e. The van der Waals surface area contributed by atoms with Gasteiger partial charge in [0.05, 0.1) is 5.41 Å². The summed E-state index contributed by atoms with van der Waals surface area (Å²) in [5, 5.41) is 5.53. The van der Waals surface area contributed by atoms with Gasteiger partial charge in [-0.25, -0.2) is 4.98 Å². The minimum atomic E-state index is -0.559. The Kier molecular flexibility index (Phi) is 4.21. The molecule has 0 radical (unpaired) electrons. The average Bonchev–Trinajstić information content (AvgIpc) is 3.21. The molecule has 1 N–H and O–H groups in total. The van der Waals surface area contributed by atoms with Crippen LogP contribution in [0.2, 0.25) is 0 Å². The molecule has 0 fully saturated rings. The van der Waals surface area contributed by atoms with Crippen molar-refractivity contribution >= 4 is 38.3 Å². The number of fused-ring (bicyclic) bond motifs is 1. The highest BCUT2D eigenvalue weighted by Crippen LogP contribution is 2.51. The van der Waals surface area contributed by atoms with Gasteiger partial charge in [-0.3, -0.25) is 4.79 Å². The highest BCUT2D eigenvalue weighted by Gasteiger charge is 2.48. The number of nitrogens with one attached hydrogen (secondary N) is 1. The molecule has 2 unspecified atom stereocenters. The van der Waals surface area contributed by atoms with Crippen LogP contribution in [0.4, 0.5) is 5.13 Å². The molecule has 3 nitrogen and oxygen atoms in total. The maximum atomic E-state index is 13.2. The first-order chi connectivity index (χ1) is 12.1. The van der Waals surface area contributed by atoms with E-state index in [1.54, 1.807) is 6.20 Å². The van der Waals surface area contributed by atoms with Gasteiger partial charge in [0.1, 0.15) is 0 Å². The molecule has 5 heteroatoms. The van der Waals surface area contributed by atoms with Gasteiger partial charge in [0, 0.05) is 22.0 Å². The fourth-order valence-corrected chi connectivity index (χ4v) is 4.67. The Labute approximate surface area is 159 Å². The van der Waals surface area contributed by atoms with Gasteiger partial charge in [-0.1, -0.05) is 52.3 Å². The molecule has 25 heavy (non-hydrogen) atoms. The Morgan fingerprint density at radius 2 is 2.08 bits per heavy atom. The number of aromatic nitrogens is 1. The van der Waals surface area contributed by atoms with Crippen LogP contribution in [0.25, 0.3) is 0 Å². The van der Waals surface area contributed by atoms with Crippen molar-refractivity contribution in [1.29, 1.82) is 0 Å². The Bertz CT molecular complexity index is 911. The molecular weight excluding hydrogens is 396 g/mol. The van der Waals surface area contributed by atoms with Crippen molar-refractivity contribution in [2.24, 2.45) is 5.41 Å². The van der Waals surface area contributed by atoms with Crippen LogP contribution >= 0.6 is 27.3 Å². The molecule has 2 aromatic carbocycles. The second-order valence-electron chi connectivity index (χ2n) is 6.57. The fraction of sp³-hybridized carbons (Fsp3) is 0.200. The molecule has 0 saturated heterocycles. The Hall–Kier alpha value is -1.98. The summed E-state index contributed by atoms with van der Waals surface area (Å²) in [6.07, 6.45) is 2.42. The van der Waals surface area contributed by atoms with Crippen LogP contribution in [0.15, 0.2) is 64.6 Å². The number of anilines is 1. The van der Waals surface area contributed by atoms with E-state index in [1.165, 1.54) is 22.5 Å². The molecule has 3 aromatic rings. The molecule has 1 aliphatic carbocycles. The molecule has 0 spiro atoms. The van der Waals surface area contributed by atoms with Crippen LogP contribution in [-0.2, 0) is 11.2 Å². The third-order valence-electron chi connectivity index (χ3n) is 4.92. The zero-order chi connectivity index (χ0) is 17.4. The lowest BCUT2D eigenvalue weighted by Gasteiger charge is -2.31. The summed E-state index contributed by atoms with van der Waals surface area (Å²) in [6.45, 7) is 2.06. The van der Waals surface area contributed by atoms with E-state index in [0.29, 0.717) is 11.6 Å². The van der Waals surface area contributed by atoms with Crippen molar-refractivity contribution in [2.75, 3.05) is 5.32 Å². The van der Waals surface area contributed by atoms with Gasteiger partial charge in [0.25, 0.3) is 0 Å². The summed E-state index contributed by atoms with van der Waals surface area (Å²) in [7, 11) is 0. The van der Waals surface area contributed by atoms with Gasteiger partial charge in [-0.2, -0.15) is 0 Å². The standard InChI is InChI=1S/C20H17BrN2OS/c1-20(18(24)23-19-22-9-10-25-19)12-14-7-8-15(21)11-16(14)17(20)13-5-3-2-4-6-13/h2-11,17H,12H2,1H3,(H,22,23,24). The van der Waals surface area contributed by atoms with Crippen LogP contribution in [0.5, 0.6) is 0 Å². The van der Waals surface area contributed by atoms with Crippen LogP contribution in [-0.4, -0.2) is 10.9 Å². The Morgan fingerprint density at radius 1 is 1.28 bits per heavy atom. The van der Waals surface area contributed by atoms with E-state index in [0.717, 1.165) is 10.0 Å². The number of thiazole rings is 1. The van der Waals surface area contributed by atoms with Crippen molar-refractivity contribution in [3.8, 4) is 0 Å². The lowest BCUT2D eigenvalue weighted by Crippen LogP contribution is -2.37. The van der Waals surface area contributed by atoms with Gasteiger partial charge in [-0.05, 0) is 42.2 Å². The van der Waals surface area contributed by atoms with Crippen molar-refractivity contribution in [1.82, 2.24) is 4.98 Å². The first-order valence-electron chi connectivity index (χ1n) is 8.12. The number of hydrogen-bond acceptors (Lipinski definition) is 3. The minimum absolute atomic E-state index is 0.0150. The summed E-state index contributed by atoms with van der Waals surface area (Å²) in [5.74, 6) is 0.0322. The van der Waals surface area contributed by atoms with Crippen LogP contribution in [0.3, 0.4) is 0 Å². The van der Waals surface area contributed by atoms with Gasteiger partial charge in [0.2, 0.25) is 5.91 Å². The van der Waals surface area contributed by atoms with Crippen LogP contribution in [0.1, 0.15) is 29.5 Å². The summed E-state index contributed by atoms with van der Waals surface area (Å²) in [4.78, 5) is 17.4. The predicted octanol–water partition coefficient (Wildman–Crippen LogP) is 5.24. The average molecular weight is 413 g/mol. The first-order valence-corrected chi connectivity index (χ1v) is 9.79. The quantitative estimate of drug-likeness (QED) is 0.638. The minimum Gasteiger partial charge on any atom is -0.301 e. The molecular formula is C20H17BrN2OS. The Balaban J connectivity index is 1.79. The molecule has 126 valence electrons. The highest BCUT2D eigenvalue weighted by atomic mass is 79.9. The summed E-state index contributed by atoms with van der Waals surface area (Å²) < 4.78 is 1.04. The number of amides is 1. The largest absolute Gasteiger partial charge is 0.301 e. The molecule has 1 heterocycles. The van der Waals surface area contributed by atoms with Crippen molar-refractivity contribution in [3.63, 3.8) is 0 Å². The van der Waals surface area contributed by atoms with E-state index in [4.69, 9.17) is 0 Å². The fourth-order valence-electron chi connectivity index (χ4n) is 3.77. The van der Waals surface area contributed by atoms with Crippen LogP contribution in [0, 0.1) is 5.41 Å². The zero-order valence-electron chi connectivity index (χ0n) is 13.7. The molecule has 2 atom stereocenters. The van der Waals surface area contributed by atoms with Crippen molar-refractivity contribution in [2.45, 2.75) is 19.3 Å². The lowest BCUT2D eigenvalue weighted by atomic mass is 9.73. The van der Waals surface area contributed by atoms with E-state index in [-0.39, 0.29) is 11.8 Å². The summed E-state index contributed by atoms with van der Waals surface area (Å²) in [6, 6.07) is 16.6. The van der Waals surface area contributed by atoms with Gasteiger partial charge >= 0.3 is 0 Å². The maximum absolute atomic E-state index is 13.2. The van der Waals surface area contributed by atoms with E-state index in [2.05, 4.69) is 57.4 Å². The second kappa shape index (κ2) is 6.39. The van der Waals surface area contributed by atoms with E-state index in [1.807, 2.05) is 29.6 Å². The van der Waals surface area contributed by atoms with Crippen molar-refractivity contribution < 1.29 is 4.79 Å². The van der Waals surface area contributed by atoms with Gasteiger partial charge < -0.3 is 5.32 Å². The zero-order valence-corrected chi connectivity index (χ0v) is 16.1. The van der Waals surface area contributed by atoms with Gasteiger partial charge in [0.15, 0.2) is 5.13 Å². The second-order valence-corrected chi connectivity index (χ2v) is 8.38. The van der Waals surface area contributed by atoms with E-state index >= 15 is 0 Å². The molecule has 1 amide bonds. The smallest absolute Gasteiger partial charge is 0.233 e. The van der Waals surface area contributed by atoms with E-state index < -0.39 is 5.41 Å². The first kappa shape index (κ1) is 16.5. The van der Waals surface area contributed by atoms with Gasteiger partial charge in [-0.15, -0.1) is 11.3 Å². The number of nitrogens with zero attached hydrogens (tertiary/aromatic N) is 1. The molecule has 0 bridgehead atoms. The number of carbonyl (C=O) groups is 1. The summed E-state index contributed by atoms with van der Waals surface area (Å²) >= 11 is 5.02. The predicted molar refractivity (Wildman–Crippen MR) is 105 cm³/mol.